The van der Waals surface area contributed by atoms with E-state index in [1.807, 2.05) is 11.4 Å². The highest BCUT2D eigenvalue weighted by molar-refractivity contribution is 7.12. The van der Waals surface area contributed by atoms with Gasteiger partial charge in [-0.05, 0) is 24.3 Å². The lowest BCUT2D eigenvalue weighted by Crippen LogP contribution is -2.35. The summed E-state index contributed by atoms with van der Waals surface area (Å²) in [5, 5.41) is 11.3. The van der Waals surface area contributed by atoms with E-state index in [9.17, 15) is 9.90 Å². The number of carbonyl (C=O) groups is 1. The van der Waals surface area contributed by atoms with Crippen molar-refractivity contribution < 1.29 is 9.90 Å². The van der Waals surface area contributed by atoms with E-state index in [0.29, 0.717) is 0 Å². The highest BCUT2D eigenvalue weighted by Gasteiger charge is 2.19. The van der Waals surface area contributed by atoms with Gasteiger partial charge in [0.25, 0.3) is 0 Å². The van der Waals surface area contributed by atoms with Gasteiger partial charge in [-0.1, -0.05) is 0 Å². The zero-order valence-electron chi connectivity index (χ0n) is 7.85. The van der Waals surface area contributed by atoms with Gasteiger partial charge in [0.05, 0.1) is 16.7 Å². The highest BCUT2D eigenvalue weighted by Crippen LogP contribution is 2.27. The van der Waals surface area contributed by atoms with E-state index in [-0.39, 0.29) is 6.10 Å². The van der Waals surface area contributed by atoms with E-state index in [2.05, 4.69) is 4.90 Å². The smallest absolute Gasteiger partial charge is 0.162 e. The minimum atomic E-state index is -0.162. The normalized spacial score (nSPS) is 18.5. The molecule has 4 heteroatoms. The molecular formula is C10H13NO2S. The number of aldehydes is 1. The number of rotatable bonds is 2. The minimum absolute atomic E-state index is 0.162. The Balaban J connectivity index is 2.11. The molecule has 0 saturated carbocycles. The molecule has 1 saturated heterocycles. The van der Waals surface area contributed by atoms with Crippen molar-refractivity contribution >= 4 is 23.3 Å². The van der Waals surface area contributed by atoms with Crippen molar-refractivity contribution in [1.29, 1.82) is 0 Å². The molecule has 2 heterocycles. The molecule has 76 valence electrons. The molecule has 1 fully saturated rings. The summed E-state index contributed by atoms with van der Waals surface area (Å²) in [6, 6.07) is 1.98. The number of hydrogen-bond acceptors (Lipinski definition) is 4. The summed E-state index contributed by atoms with van der Waals surface area (Å²) in [6.45, 7) is 1.69. The second-order valence-corrected chi connectivity index (χ2v) is 4.45. The molecule has 1 N–H and O–H groups in total. The Labute approximate surface area is 87.0 Å². The summed E-state index contributed by atoms with van der Waals surface area (Å²) >= 11 is 1.47. The summed E-state index contributed by atoms with van der Waals surface area (Å²) in [5.74, 6) is 0. The predicted molar refractivity (Wildman–Crippen MR) is 57.2 cm³/mol. The number of piperidine rings is 1. The molecule has 0 atom stereocenters. The molecule has 0 bridgehead atoms. The van der Waals surface area contributed by atoms with Crippen LogP contribution in [-0.2, 0) is 0 Å². The van der Waals surface area contributed by atoms with Gasteiger partial charge < -0.3 is 10.0 Å². The Morgan fingerprint density at radius 1 is 1.50 bits per heavy atom. The molecule has 0 unspecified atom stereocenters. The first-order valence-corrected chi connectivity index (χ1v) is 5.65. The molecule has 1 aromatic heterocycles. The van der Waals surface area contributed by atoms with Gasteiger partial charge >= 0.3 is 0 Å². The molecule has 0 amide bonds. The van der Waals surface area contributed by atoms with Crippen molar-refractivity contribution in [2.45, 2.75) is 18.9 Å². The van der Waals surface area contributed by atoms with Crippen molar-refractivity contribution in [1.82, 2.24) is 0 Å². The maximum absolute atomic E-state index is 10.7. The van der Waals surface area contributed by atoms with Crippen LogP contribution < -0.4 is 4.90 Å². The van der Waals surface area contributed by atoms with E-state index in [4.69, 9.17) is 0 Å². The van der Waals surface area contributed by atoms with Gasteiger partial charge in [-0.25, -0.2) is 0 Å². The fourth-order valence-electron chi connectivity index (χ4n) is 1.77. The third-order valence-corrected chi connectivity index (χ3v) is 3.42. The van der Waals surface area contributed by atoms with Crippen LogP contribution in [0, 0.1) is 0 Å². The lowest BCUT2D eigenvalue weighted by molar-refractivity contribution is 0.112. The molecule has 0 radical (unpaired) electrons. The monoisotopic (exact) mass is 211 g/mol. The van der Waals surface area contributed by atoms with Crippen LogP contribution in [-0.4, -0.2) is 30.6 Å². The van der Waals surface area contributed by atoms with Gasteiger partial charge in [-0.15, -0.1) is 11.3 Å². The molecular weight excluding hydrogens is 198 g/mol. The second-order valence-electron chi connectivity index (χ2n) is 3.51. The highest BCUT2D eigenvalue weighted by atomic mass is 32.1. The van der Waals surface area contributed by atoms with Crippen LogP contribution in [0.1, 0.15) is 22.5 Å². The van der Waals surface area contributed by atoms with E-state index >= 15 is 0 Å². The van der Waals surface area contributed by atoms with Crippen molar-refractivity contribution in [3.63, 3.8) is 0 Å². The van der Waals surface area contributed by atoms with E-state index in [1.165, 1.54) is 11.3 Å². The average Bonchev–Trinajstić information content (AvgIpc) is 2.67. The Hall–Kier alpha value is -0.870. The van der Waals surface area contributed by atoms with Crippen LogP contribution >= 0.6 is 11.3 Å². The fraction of sp³-hybridized carbons (Fsp3) is 0.500. The lowest BCUT2D eigenvalue weighted by Gasteiger charge is -2.31. The predicted octanol–water partition coefficient (Wildman–Crippen LogP) is 1.52. The molecule has 1 aromatic rings. The van der Waals surface area contributed by atoms with Crippen molar-refractivity contribution in [2.24, 2.45) is 0 Å². The quantitative estimate of drug-likeness (QED) is 0.754. The first-order valence-electron chi connectivity index (χ1n) is 4.77. The van der Waals surface area contributed by atoms with E-state index in [0.717, 1.165) is 42.8 Å². The second kappa shape index (κ2) is 4.11. The van der Waals surface area contributed by atoms with Crippen LogP contribution in [0.2, 0.25) is 0 Å². The summed E-state index contributed by atoms with van der Waals surface area (Å²) < 4.78 is 0. The zero-order valence-corrected chi connectivity index (χ0v) is 8.67. The van der Waals surface area contributed by atoms with E-state index in [1.54, 1.807) is 0 Å². The SMILES string of the molecule is O=Cc1sccc1N1CCC(O)CC1. The number of hydrogen-bond donors (Lipinski definition) is 1. The van der Waals surface area contributed by atoms with Crippen molar-refractivity contribution in [2.75, 3.05) is 18.0 Å². The Morgan fingerprint density at radius 3 is 2.86 bits per heavy atom. The lowest BCUT2D eigenvalue weighted by atomic mass is 10.1. The van der Waals surface area contributed by atoms with Crippen LogP contribution in [0.25, 0.3) is 0 Å². The minimum Gasteiger partial charge on any atom is -0.393 e. The van der Waals surface area contributed by atoms with Gasteiger partial charge in [-0.3, -0.25) is 4.79 Å². The van der Waals surface area contributed by atoms with Gasteiger partial charge in [0.15, 0.2) is 6.29 Å². The first kappa shape index (κ1) is 9.68. The van der Waals surface area contributed by atoms with E-state index < -0.39 is 0 Å². The van der Waals surface area contributed by atoms with Crippen LogP contribution in [0.3, 0.4) is 0 Å². The summed E-state index contributed by atoms with van der Waals surface area (Å²) in [7, 11) is 0. The molecule has 1 aliphatic heterocycles. The molecule has 0 spiro atoms. The van der Waals surface area contributed by atoms with Crippen molar-refractivity contribution in [3.05, 3.63) is 16.3 Å². The Bertz CT molecular complexity index is 316. The first-order chi connectivity index (χ1) is 6.81. The van der Waals surface area contributed by atoms with Crippen LogP contribution in [0.15, 0.2) is 11.4 Å². The topological polar surface area (TPSA) is 40.5 Å². The molecule has 2 rings (SSSR count). The molecule has 1 aliphatic rings. The van der Waals surface area contributed by atoms with Gasteiger partial charge in [0.2, 0.25) is 0 Å². The summed E-state index contributed by atoms with van der Waals surface area (Å²) in [6.07, 6.45) is 2.34. The third-order valence-electron chi connectivity index (χ3n) is 2.59. The zero-order chi connectivity index (χ0) is 9.97. The largest absolute Gasteiger partial charge is 0.393 e. The van der Waals surface area contributed by atoms with Crippen molar-refractivity contribution in [3.8, 4) is 0 Å². The summed E-state index contributed by atoms with van der Waals surface area (Å²) in [5.41, 5.74) is 1.02. The standard InChI is InChI=1S/C10H13NO2S/c12-7-10-9(3-6-14-10)11-4-1-8(13)2-5-11/h3,6-8,13H,1-2,4-5H2. The Kier molecular flexibility index (Phi) is 2.84. The molecule has 14 heavy (non-hydrogen) atoms. The number of thiophene rings is 1. The third kappa shape index (κ3) is 1.81. The maximum Gasteiger partial charge on any atom is 0.162 e. The number of anilines is 1. The number of carbonyl (C=O) groups excluding carboxylic acids is 1. The fourth-order valence-corrected chi connectivity index (χ4v) is 2.49. The molecule has 0 aromatic carbocycles. The van der Waals surface area contributed by atoms with Crippen LogP contribution in [0.4, 0.5) is 5.69 Å². The number of aliphatic hydroxyl groups excluding tert-OH is 1. The summed E-state index contributed by atoms with van der Waals surface area (Å²) in [4.78, 5) is 13.7. The van der Waals surface area contributed by atoms with Crippen LogP contribution in [0.5, 0.6) is 0 Å². The average molecular weight is 211 g/mol. The molecule has 3 nitrogen and oxygen atoms in total. The van der Waals surface area contributed by atoms with Gasteiger partial charge in [0.1, 0.15) is 0 Å². The number of aliphatic hydroxyl groups is 1. The Morgan fingerprint density at radius 2 is 2.21 bits per heavy atom. The number of nitrogens with zero attached hydrogens (tertiary/aromatic N) is 1. The van der Waals surface area contributed by atoms with Gasteiger partial charge in [-0.2, -0.15) is 0 Å². The van der Waals surface area contributed by atoms with Gasteiger partial charge in [0, 0.05) is 13.1 Å². The molecule has 0 aliphatic carbocycles. The maximum atomic E-state index is 10.7.